The molecule has 5 aromatic rings. The van der Waals surface area contributed by atoms with E-state index in [0.29, 0.717) is 11.9 Å². The van der Waals surface area contributed by atoms with Crippen molar-refractivity contribution in [3.05, 3.63) is 48.4 Å². The van der Waals surface area contributed by atoms with Crippen LogP contribution in [-0.4, -0.2) is 40.1 Å². The van der Waals surface area contributed by atoms with Crippen molar-refractivity contribution in [1.82, 2.24) is 40.1 Å². The first-order valence-corrected chi connectivity index (χ1v) is 10.8. The van der Waals surface area contributed by atoms with Crippen LogP contribution in [0.5, 0.6) is 0 Å². The number of aromatic nitrogens is 8. The van der Waals surface area contributed by atoms with Gasteiger partial charge in [0, 0.05) is 28.8 Å². The minimum absolute atomic E-state index is 0.451. The van der Waals surface area contributed by atoms with Crippen LogP contribution in [0.25, 0.3) is 44.7 Å². The predicted molar refractivity (Wildman–Crippen MR) is 118 cm³/mol. The lowest BCUT2D eigenvalue weighted by Gasteiger charge is -2.25. The van der Waals surface area contributed by atoms with Crippen LogP contribution in [0.3, 0.4) is 0 Å². The quantitative estimate of drug-likeness (QED) is 0.465. The van der Waals surface area contributed by atoms with E-state index >= 15 is 0 Å². The number of tetrazole rings is 1. The molecule has 0 aliphatic heterocycles. The second-order valence-electron chi connectivity index (χ2n) is 8.23. The lowest BCUT2D eigenvalue weighted by molar-refractivity contribution is 0.362. The fourth-order valence-corrected chi connectivity index (χ4v) is 4.69. The number of H-pyrrole nitrogens is 1. The number of fused-ring (bicyclic) bond motifs is 2. The Morgan fingerprint density at radius 1 is 0.935 bits per heavy atom. The average Bonchev–Trinajstić information content (AvgIpc) is 3.47. The summed E-state index contributed by atoms with van der Waals surface area (Å²) in [7, 11) is 0. The van der Waals surface area contributed by atoms with Gasteiger partial charge in [-0.2, -0.15) is 5.21 Å². The molecule has 2 aromatic carbocycles. The number of aromatic amines is 1. The largest absolute Gasteiger partial charge is 0.321 e. The number of rotatable bonds is 3. The van der Waals surface area contributed by atoms with Gasteiger partial charge in [-0.25, -0.2) is 15.0 Å². The molecule has 6 rings (SSSR count). The van der Waals surface area contributed by atoms with E-state index in [1.54, 1.807) is 0 Å². The van der Waals surface area contributed by atoms with Gasteiger partial charge >= 0.3 is 0 Å². The van der Waals surface area contributed by atoms with Crippen LogP contribution in [0.4, 0.5) is 0 Å². The molecule has 1 saturated carbocycles. The smallest absolute Gasteiger partial charge is 0.204 e. The molecule has 0 amide bonds. The van der Waals surface area contributed by atoms with E-state index in [4.69, 9.17) is 4.98 Å². The number of benzene rings is 2. The molecule has 1 fully saturated rings. The molecule has 1 N–H and O–H groups in total. The minimum Gasteiger partial charge on any atom is -0.321 e. The summed E-state index contributed by atoms with van der Waals surface area (Å²) in [5.41, 5.74) is 5.02. The SMILES string of the molecule is Cc1ncc2ccc(-c3nc4cc(-c5nn[nH]n5)ccc4n3C3CCCCC3)cc2n1. The first kappa shape index (κ1) is 18.1. The van der Waals surface area contributed by atoms with Gasteiger partial charge in [-0.05, 0) is 49.2 Å². The van der Waals surface area contributed by atoms with Crippen molar-refractivity contribution in [2.24, 2.45) is 0 Å². The maximum absolute atomic E-state index is 5.09. The van der Waals surface area contributed by atoms with Gasteiger partial charge in [0.1, 0.15) is 11.6 Å². The molecule has 1 aliphatic carbocycles. The summed E-state index contributed by atoms with van der Waals surface area (Å²) in [6.07, 6.45) is 8.07. The molecular weight excluding hydrogens is 388 g/mol. The third-order valence-corrected chi connectivity index (χ3v) is 6.19. The zero-order valence-electron chi connectivity index (χ0n) is 17.3. The monoisotopic (exact) mass is 410 g/mol. The zero-order chi connectivity index (χ0) is 20.8. The van der Waals surface area contributed by atoms with Crippen LogP contribution in [0, 0.1) is 6.92 Å². The number of nitrogens with one attached hydrogen (secondary N) is 1. The molecule has 31 heavy (non-hydrogen) atoms. The number of hydrogen-bond acceptors (Lipinski definition) is 6. The predicted octanol–water partition coefficient (Wildman–Crippen LogP) is 4.64. The Morgan fingerprint density at radius 2 is 1.77 bits per heavy atom. The lowest BCUT2D eigenvalue weighted by atomic mass is 9.94. The molecule has 0 unspecified atom stereocenters. The molecule has 1 aliphatic rings. The molecule has 0 spiro atoms. The Bertz CT molecular complexity index is 1380. The fourth-order valence-electron chi connectivity index (χ4n) is 4.69. The fraction of sp³-hybridized carbons (Fsp3) is 0.304. The highest BCUT2D eigenvalue weighted by Gasteiger charge is 2.23. The van der Waals surface area contributed by atoms with Gasteiger partial charge in [-0.15, -0.1) is 10.2 Å². The van der Waals surface area contributed by atoms with Gasteiger partial charge in [0.05, 0.1) is 16.6 Å². The molecule has 0 saturated heterocycles. The van der Waals surface area contributed by atoms with Crippen LogP contribution >= 0.6 is 0 Å². The second-order valence-corrected chi connectivity index (χ2v) is 8.23. The molecular formula is C23H22N8. The highest BCUT2D eigenvalue weighted by molar-refractivity contribution is 5.87. The van der Waals surface area contributed by atoms with Crippen molar-refractivity contribution in [1.29, 1.82) is 0 Å². The summed E-state index contributed by atoms with van der Waals surface area (Å²) in [5.74, 6) is 2.34. The average molecular weight is 410 g/mol. The maximum atomic E-state index is 5.09. The van der Waals surface area contributed by atoms with Gasteiger partial charge in [-0.1, -0.05) is 31.4 Å². The molecule has 8 nitrogen and oxygen atoms in total. The highest BCUT2D eigenvalue weighted by atomic mass is 15.5. The topological polar surface area (TPSA) is 98.1 Å². The van der Waals surface area contributed by atoms with Gasteiger partial charge < -0.3 is 4.57 Å². The molecule has 3 heterocycles. The summed E-state index contributed by atoms with van der Waals surface area (Å²) < 4.78 is 2.43. The third-order valence-electron chi connectivity index (χ3n) is 6.19. The van der Waals surface area contributed by atoms with Crippen LogP contribution < -0.4 is 0 Å². The maximum Gasteiger partial charge on any atom is 0.204 e. The van der Waals surface area contributed by atoms with E-state index in [1.807, 2.05) is 13.1 Å². The molecule has 0 radical (unpaired) electrons. The van der Waals surface area contributed by atoms with E-state index in [9.17, 15) is 0 Å². The first-order valence-electron chi connectivity index (χ1n) is 10.8. The van der Waals surface area contributed by atoms with Crippen molar-refractivity contribution in [2.45, 2.75) is 45.1 Å². The highest BCUT2D eigenvalue weighted by Crippen LogP contribution is 2.37. The minimum atomic E-state index is 0.451. The Kier molecular flexibility index (Phi) is 4.22. The van der Waals surface area contributed by atoms with E-state index in [-0.39, 0.29) is 0 Å². The van der Waals surface area contributed by atoms with Gasteiger partial charge in [0.15, 0.2) is 0 Å². The molecule has 3 aromatic heterocycles. The zero-order valence-corrected chi connectivity index (χ0v) is 17.3. The van der Waals surface area contributed by atoms with Crippen molar-refractivity contribution in [3.63, 3.8) is 0 Å². The summed E-state index contributed by atoms with van der Waals surface area (Å²) in [6.45, 7) is 1.92. The number of aryl methyl sites for hydroxylation is 1. The molecule has 8 heteroatoms. The Morgan fingerprint density at radius 3 is 2.61 bits per heavy atom. The third kappa shape index (κ3) is 3.15. The van der Waals surface area contributed by atoms with Crippen LogP contribution in [0.15, 0.2) is 42.6 Å². The van der Waals surface area contributed by atoms with Crippen LogP contribution in [0.1, 0.15) is 44.0 Å². The van der Waals surface area contributed by atoms with Gasteiger partial charge in [-0.3, -0.25) is 0 Å². The summed E-state index contributed by atoms with van der Waals surface area (Å²) in [6, 6.07) is 13.0. The number of nitrogens with zero attached hydrogens (tertiary/aromatic N) is 7. The lowest BCUT2D eigenvalue weighted by Crippen LogP contribution is -2.14. The molecule has 0 atom stereocenters. The van der Waals surface area contributed by atoms with Crippen molar-refractivity contribution in [2.75, 3.05) is 0 Å². The molecule has 0 bridgehead atoms. The van der Waals surface area contributed by atoms with E-state index < -0.39 is 0 Å². The Hall–Kier alpha value is -3.68. The van der Waals surface area contributed by atoms with E-state index in [0.717, 1.165) is 44.7 Å². The van der Waals surface area contributed by atoms with Crippen molar-refractivity contribution >= 4 is 21.9 Å². The van der Waals surface area contributed by atoms with Crippen LogP contribution in [-0.2, 0) is 0 Å². The van der Waals surface area contributed by atoms with E-state index in [2.05, 4.69) is 71.6 Å². The number of imidazole rings is 1. The van der Waals surface area contributed by atoms with Crippen molar-refractivity contribution < 1.29 is 0 Å². The summed E-state index contributed by atoms with van der Waals surface area (Å²) in [5, 5.41) is 15.5. The Balaban J connectivity index is 1.56. The summed E-state index contributed by atoms with van der Waals surface area (Å²) in [4.78, 5) is 14.0. The van der Waals surface area contributed by atoms with Crippen molar-refractivity contribution in [3.8, 4) is 22.8 Å². The van der Waals surface area contributed by atoms with Gasteiger partial charge in [0.2, 0.25) is 5.82 Å². The molecule has 154 valence electrons. The van der Waals surface area contributed by atoms with E-state index in [1.165, 1.54) is 32.1 Å². The Labute approximate surface area is 178 Å². The second kappa shape index (κ2) is 7.23. The van der Waals surface area contributed by atoms with Gasteiger partial charge in [0.25, 0.3) is 0 Å². The summed E-state index contributed by atoms with van der Waals surface area (Å²) >= 11 is 0. The van der Waals surface area contributed by atoms with Crippen LogP contribution in [0.2, 0.25) is 0 Å². The normalized spacial score (nSPS) is 15.1. The standard InChI is InChI=1S/C23H22N8/c1-14-24-13-17-8-7-16(12-19(17)25-14)23-26-20-11-15(22-27-29-30-28-22)9-10-21(20)31(23)18-5-3-2-4-6-18/h7-13,18H,2-6H2,1H3,(H,27,28,29,30). The number of hydrogen-bond donors (Lipinski definition) is 1. The first-order chi connectivity index (χ1) is 15.3.